The van der Waals surface area contributed by atoms with E-state index >= 15 is 0 Å². The molecule has 114 valence electrons. The zero-order valence-electron chi connectivity index (χ0n) is 12.4. The summed E-state index contributed by atoms with van der Waals surface area (Å²) in [6.07, 6.45) is 1.71. The van der Waals surface area contributed by atoms with Crippen LogP contribution in [0.15, 0.2) is 42.6 Å². The Morgan fingerprint density at radius 1 is 1.41 bits per heavy atom. The Bertz CT molecular complexity index is 760. The molecule has 0 aliphatic heterocycles. The van der Waals surface area contributed by atoms with Crippen molar-refractivity contribution >= 4 is 27.3 Å². The van der Waals surface area contributed by atoms with Gasteiger partial charge in [-0.3, -0.25) is 9.48 Å². The summed E-state index contributed by atoms with van der Waals surface area (Å²) >= 11 is 1.49. The number of aromatic nitrogens is 2. The van der Waals surface area contributed by atoms with E-state index in [0.717, 1.165) is 15.8 Å². The number of fused-ring (bicyclic) bond motifs is 1. The molecule has 5 nitrogen and oxygen atoms in total. The molecule has 6 heteroatoms. The van der Waals surface area contributed by atoms with Gasteiger partial charge in [-0.1, -0.05) is 18.2 Å². The molecule has 0 aliphatic carbocycles. The van der Waals surface area contributed by atoms with Crippen molar-refractivity contribution in [2.45, 2.75) is 6.04 Å². The van der Waals surface area contributed by atoms with E-state index in [-0.39, 0.29) is 11.9 Å². The maximum Gasteiger partial charge on any atom is 0.262 e. The van der Waals surface area contributed by atoms with Crippen LogP contribution in [0.5, 0.6) is 0 Å². The molecule has 3 rings (SSSR count). The number of carbonyl (C=O) groups is 1. The van der Waals surface area contributed by atoms with Gasteiger partial charge in [0.05, 0.1) is 23.2 Å². The number of amides is 1. The fourth-order valence-corrected chi connectivity index (χ4v) is 3.38. The maximum absolute atomic E-state index is 12.5. The summed E-state index contributed by atoms with van der Waals surface area (Å²) in [5, 5.41) is 8.26. The summed E-state index contributed by atoms with van der Waals surface area (Å²) in [5.41, 5.74) is 0.913. The molecule has 0 radical (unpaired) electrons. The van der Waals surface area contributed by atoms with Gasteiger partial charge in [-0.15, -0.1) is 11.3 Å². The Kier molecular flexibility index (Phi) is 4.22. The van der Waals surface area contributed by atoms with E-state index in [1.54, 1.807) is 18.0 Å². The van der Waals surface area contributed by atoms with Gasteiger partial charge in [0.2, 0.25) is 0 Å². The van der Waals surface area contributed by atoms with Gasteiger partial charge >= 0.3 is 0 Å². The number of nitrogens with one attached hydrogen (secondary N) is 1. The summed E-state index contributed by atoms with van der Waals surface area (Å²) < 4.78 is 8.08. The number of rotatable bonds is 5. The van der Waals surface area contributed by atoms with E-state index in [2.05, 4.69) is 10.4 Å². The maximum atomic E-state index is 12.5. The Labute approximate surface area is 132 Å². The quantitative estimate of drug-likeness (QED) is 0.787. The molecule has 1 aromatic carbocycles. The van der Waals surface area contributed by atoms with E-state index in [9.17, 15) is 4.79 Å². The fourth-order valence-electron chi connectivity index (χ4n) is 2.42. The third-order valence-electron chi connectivity index (χ3n) is 3.50. The third kappa shape index (κ3) is 2.88. The number of nitrogens with zero attached hydrogens (tertiary/aromatic N) is 2. The molecule has 1 N–H and O–H groups in total. The number of aryl methyl sites for hydroxylation is 1. The lowest BCUT2D eigenvalue weighted by molar-refractivity contribution is 0.0896. The molecule has 0 saturated carbocycles. The third-order valence-corrected chi connectivity index (χ3v) is 4.62. The van der Waals surface area contributed by atoms with Gasteiger partial charge in [-0.05, 0) is 23.6 Å². The average molecular weight is 315 g/mol. The van der Waals surface area contributed by atoms with Crippen molar-refractivity contribution in [1.82, 2.24) is 15.1 Å². The number of ether oxygens (including phenoxy) is 1. The van der Waals surface area contributed by atoms with Crippen molar-refractivity contribution in [3.8, 4) is 0 Å². The molecule has 0 saturated heterocycles. The van der Waals surface area contributed by atoms with Crippen LogP contribution in [-0.2, 0) is 11.8 Å². The summed E-state index contributed by atoms with van der Waals surface area (Å²) in [6, 6.07) is 11.6. The van der Waals surface area contributed by atoms with E-state index in [1.807, 2.05) is 43.4 Å². The second kappa shape index (κ2) is 6.29. The Morgan fingerprint density at radius 2 is 2.23 bits per heavy atom. The molecule has 0 bridgehead atoms. The van der Waals surface area contributed by atoms with Gasteiger partial charge in [0.25, 0.3) is 5.91 Å². The molecule has 0 aliphatic rings. The highest BCUT2D eigenvalue weighted by molar-refractivity contribution is 7.20. The number of thiophene rings is 1. The smallest absolute Gasteiger partial charge is 0.262 e. The number of carbonyl (C=O) groups excluding carboxylic acids is 1. The lowest BCUT2D eigenvalue weighted by atomic mass is 10.2. The minimum absolute atomic E-state index is 0.0931. The summed E-state index contributed by atoms with van der Waals surface area (Å²) in [6.45, 7) is 0.399. The molecular weight excluding hydrogens is 298 g/mol. The summed E-state index contributed by atoms with van der Waals surface area (Å²) in [7, 11) is 3.47. The second-order valence-corrected chi connectivity index (χ2v) is 6.09. The molecule has 2 heterocycles. The van der Waals surface area contributed by atoms with E-state index in [0.29, 0.717) is 11.5 Å². The van der Waals surface area contributed by atoms with Crippen LogP contribution in [0.3, 0.4) is 0 Å². The monoisotopic (exact) mass is 315 g/mol. The molecule has 0 unspecified atom stereocenters. The molecule has 3 aromatic rings. The van der Waals surface area contributed by atoms with E-state index in [1.165, 1.54) is 11.3 Å². The predicted molar refractivity (Wildman–Crippen MR) is 87.1 cm³/mol. The van der Waals surface area contributed by atoms with Crippen LogP contribution in [0.2, 0.25) is 0 Å². The van der Waals surface area contributed by atoms with Crippen LogP contribution >= 0.6 is 11.3 Å². The summed E-state index contributed by atoms with van der Waals surface area (Å²) in [4.78, 5) is 13.2. The molecule has 0 fully saturated rings. The van der Waals surface area contributed by atoms with Crippen LogP contribution in [0.4, 0.5) is 0 Å². The highest BCUT2D eigenvalue weighted by Gasteiger charge is 2.19. The minimum atomic E-state index is -0.227. The molecule has 1 amide bonds. The number of benzene rings is 1. The van der Waals surface area contributed by atoms with Crippen LogP contribution in [0, 0.1) is 0 Å². The Balaban J connectivity index is 1.83. The Morgan fingerprint density at radius 3 is 2.91 bits per heavy atom. The van der Waals surface area contributed by atoms with Crippen molar-refractivity contribution in [3.05, 3.63) is 53.2 Å². The standard InChI is InChI=1S/C16H17N3O2S/c1-19-13(7-8-17-19)12(10-21-2)18-16(20)15-9-11-5-3-4-6-14(11)22-15/h3-9,12H,10H2,1-2H3,(H,18,20)/t12-/m0/s1. The first-order valence-electron chi connectivity index (χ1n) is 6.95. The second-order valence-electron chi connectivity index (χ2n) is 5.01. The van der Waals surface area contributed by atoms with Crippen LogP contribution in [0.1, 0.15) is 21.4 Å². The van der Waals surface area contributed by atoms with E-state index < -0.39 is 0 Å². The Hall–Kier alpha value is -2.18. The minimum Gasteiger partial charge on any atom is -0.382 e. The largest absolute Gasteiger partial charge is 0.382 e. The van der Waals surface area contributed by atoms with Crippen molar-refractivity contribution in [1.29, 1.82) is 0 Å². The van der Waals surface area contributed by atoms with Gasteiger partial charge in [-0.25, -0.2) is 0 Å². The van der Waals surface area contributed by atoms with Crippen LogP contribution < -0.4 is 5.32 Å². The molecular formula is C16H17N3O2S. The van der Waals surface area contributed by atoms with Gasteiger partial charge in [0, 0.05) is 25.1 Å². The number of hydrogen-bond acceptors (Lipinski definition) is 4. The lowest BCUT2D eigenvalue weighted by Crippen LogP contribution is -2.32. The van der Waals surface area contributed by atoms with Gasteiger partial charge < -0.3 is 10.1 Å². The zero-order chi connectivity index (χ0) is 15.5. The molecule has 22 heavy (non-hydrogen) atoms. The van der Waals surface area contributed by atoms with Crippen molar-refractivity contribution in [2.75, 3.05) is 13.7 Å². The summed E-state index contributed by atoms with van der Waals surface area (Å²) in [5.74, 6) is -0.0931. The van der Waals surface area contributed by atoms with Crippen LogP contribution in [-0.4, -0.2) is 29.4 Å². The molecule has 0 spiro atoms. The first kappa shape index (κ1) is 14.7. The number of hydrogen-bond donors (Lipinski definition) is 1. The van der Waals surface area contributed by atoms with Gasteiger partial charge in [-0.2, -0.15) is 5.10 Å². The van der Waals surface area contributed by atoms with E-state index in [4.69, 9.17) is 4.74 Å². The average Bonchev–Trinajstić information content (AvgIpc) is 3.12. The first-order valence-corrected chi connectivity index (χ1v) is 7.77. The highest BCUT2D eigenvalue weighted by atomic mass is 32.1. The first-order chi connectivity index (χ1) is 10.7. The normalized spacial score (nSPS) is 12.5. The van der Waals surface area contributed by atoms with Crippen molar-refractivity contribution < 1.29 is 9.53 Å². The van der Waals surface area contributed by atoms with Crippen molar-refractivity contribution in [3.63, 3.8) is 0 Å². The fraction of sp³-hybridized carbons (Fsp3) is 0.250. The zero-order valence-corrected chi connectivity index (χ0v) is 13.3. The van der Waals surface area contributed by atoms with Gasteiger partial charge in [0.1, 0.15) is 0 Å². The lowest BCUT2D eigenvalue weighted by Gasteiger charge is -2.17. The SMILES string of the molecule is COC[C@H](NC(=O)c1cc2ccccc2s1)c1ccnn1C. The van der Waals surface area contributed by atoms with Gasteiger partial charge in [0.15, 0.2) is 0 Å². The highest BCUT2D eigenvalue weighted by Crippen LogP contribution is 2.25. The van der Waals surface area contributed by atoms with Crippen LogP contribution in [0.25, 0.3) is 10.1 Å². The topological polar surface area (TPSA) is 56.1 Å². The number of methoxy groups -OCH3 is 1. The predicted octanol–water partition coefficient (Wildman–Crippen LogP) is 2.75. The molecule has 1 atom stereocenters. The molecule has 2 aromatic heterocycles. The van der Waals surface area contributed by atoms with Crippen molar-refractivity contribution in [2.24, 2.45) is 7.05 Å².